The number of rotatable bonds is 4. The van der Waals surface area contributed by atoms with Crippen LogP contribution in [0.4, 0.5) is 0 Å². The molecule has 2 heterocycles. The highest BCUT2D eigenvalue weighted by Crippen LogP contribution is 2.23. The lowest BCUT2D eigenvalue weighted by Crippen LogP contribution is -2.38. The van der Waals surface area contributed by atoms with Crippen molar-refractivity contribution < 1.29 is 4.42 Å². The third kappa shape index (κ3) is 3.33. The number of nitrogens with two attached hydrogens (primary N) is 1. The number of oxazole rings is 1. The van der Waals surface area contributed by atoms with Crippen LogP contribution in [0.2, 0.25) is 0 Å². The Morgan fingerprint density at radius 1 is 1.39 bits per heavy atom. The van der Waals surface area contributed by atoms with E-state index in [0.717, 1.165) is 18.1 Å². The molecule has 0 spiro atoms. The van der Waals surface area contributed by atoms with E-state index in [0.29, 0.717) is 12.0 Å². The van der Waals surface area contributed by atoms with Crippen molar-refractivity contribution >= 4 is 0 Å². The Labute approximate surface area is 110 Å². The Kier molecular flexibility index (Phi) is 4.40. The molecule has 0 aliphatic carbocycles. The normalized spacial score (nSPS) is 20.5. The summed E-state index contributed by atoms with van der Waals surface area (Å²) in [5.41, 5.74) is 5.77. The summed E-state index contributed by atoms with van der Waals surface area (Å²) in [7, 11) is 0. The lowest BCUT2D eigenvalue weighted by atomic mass is 9.93. The Bertz CT molecular complexity index is 365. The van der Waals surface area contributed by atoms with Gasteiger partial charge in [0, 0.05) is 12.5 Å². The van der Waals surface area contributed by atoms with E-state index in [1.165, 1.54) is 25.9 Å². The molecule has 1 aliphatic rings. The predicted octanol–water partition coefficient (Wildman–Crippen LogP) is 2.36. The number of hydrogen-bond donors (Lipinski definition) is 1. The Balaban J connectivity index is 1.84. The van der Waals surface area contributed by atoms with Crippen LogP contribution in [0, 0.1) is 5.92 Å². The molecule has 1 aromatic heterocycles. The van der Waals surface area contributed by atoms with Gasteiger partial charge in [0.25, 0.3) is 0 Å². The number of nitrogens with zero attached hydrogens (tertiary/aromatic N) is 2. The van der Waals surface area contributed by atoms with E-state index in [1.807, 2.05) is 6.92 Å². The van der Waals surface area contributed by atoms with Gasteiger partial charge >= 0.3 is 0 Å². The minimum absolute atomic E-state index is 0.0611. The van der Waals surface area contributed by atoms with Crippen LogP contribution in [0.15, 0.2) is 10.6 Å². The summed E-state index contributed by atoms with van der Waals surface area (Å²) in [5.74, 6) is 2.36. The molecule has 0 aromatic carbocycles. The summed E-state index contributed by atoms with van der Waals surface area (Å²) in [6, 6.07) is 0.603. The van der Waals surface area contributed by atoms with E-state index >= 15 is 0 Å². The molecule has 1 aromatic rings. The van der Waals surface area contributed by atoms with E-state index in [4.69, 9.17) is 10.2 Å². The predicted molar refractivity (Wildman–Crippen MR) is 72.2 cm³/mol. The molecule has 0 amide bonds. The van der Waals surface area contributed by atoms with Gasteiger partial charge in [0.05, 0.1) is 12.2 Å². The van der Waals surface area contributed by atoms with Crippen molar-refractivity contribution in [1.82, 2.24) is 9.88 Å². The van der Waals surface area contributed by atoms with Crippen LogP contribution in [-0.4, -0.2) is 29.0 Å². The Morgan fingerprint density at radius 2 is 2.06 bits per heavy atom. The molecule has 102 valence electrons. The van der Waals surface area contributed by atoms with Gasteiger partial charge in [-0.1, -0.05) is 0 Å². The fraction of sp³-hybridized carbons (Fsp3) is 0.786. The number of hydrogen-bond acceptors (Lipinski definition) is 4. The molecular formula is C14H25N3O. The molecule has 4 nitrogen and oxygen atoms in total. The zero-order chi connectivity index (χ0) is 13.1. The summed E-state index contributed by atoms with van der Waals surface area (Å²) in [4.78, 5) is 6.87. The molecule has 1 aliphatic heterocycles. The molecular weight excluding hydrogens is 226 g/mol. The summed E-state index contributed by atoms with van der Waals surface area (Å²) >= 11 is 0. The van der Waals surface area contributed by atoms with Crippen molar-refractivity contribution in [3.63, 3.8) is 0 Å². The first-order valence-electron chi connectivity index (χ1n) is 7.00. The summed E-state index contributed by atoms with van der Waals surface area (Å²) in [5, 5.41) is 0. The van der Waals surface area contributed by atoms with Crippen LogP contribution >= 0.6 is 0 Å². The van der Waals surface area contributed by atoms with E-state index < -0.39 is 0 Å². The third-order valence-electron chi connectivity index (χ3n) is 3.86. The van der Waals surface area contributed by atoms with Crippen molar-refractivity contribution in [2.75, 3.05) is 13.1 Å². The highest BCUT2D eigenvalue weighted by molar-refractivity contribution is 4.99. The zero-order valence-corrected chi connectivity index (χ0v) is 11.7. The molecule has 2 rings (SSSR count). The topological polar surface area (TPSA) is 55.3 Å². The lowest BCUT2D eigenvalue weighted by molar-refractivity contribution is 0.146. The number of piperidine rings is 1. The van der Waals surface area contributed by atoms with E-state index in [9.17, 15) is 0 Å². The molecule has 1 atom stereocenters. The van der Waals surface area contributed by atoms with Gasteiger partial charge in [-0.05, 0) is 52.6 Å². The fourth-order valence-electron chi connectivity index (χ4n) is 2.55. The van der Waals surface area contributed by atoms with Gasteiger partial charge < -0.3 is 15.1 Å². The van der Waals surface area contributed by atoms with Crippen LogP contribution in [0.1, 0.15) is 51.3 Å². The van der Waals surface area contributed by atoms with Gasteiger partial charge in [-0.25, -0.2) is 4.98 Å². The van der Waals surface area contributed by atoms with Crippen molar-refractivity contribution in [3.8, 4) is 0 Å². The fourth-order valence-corrected chi connectivity index (χ4v) is 2.55. The first-order valence-corrected chi connectivity index (χ1v) is 7.00. The second kappa shape index (κ2) is 5.85. The monoisotopic (exact) mass is 251 g/mol. The minimum Gasteiger partial charge on any atom is -0.444 e. The number of aromatic nitrogens is 1. The van der Waals surface area contributed by atoms with Crippen LogP contribution in [0.3, 0.4) is 0 Å². The second-order valence-electron chi connectivity index (χ2n) is 5.72. The minimum atomic E-state index is -0.0611. The van der Waals surface area contributed by atoms with Gasteiger partial charge in [-0.15, -0.1) is 0 Å². The highest BCUT2D eigenvalue weighted by Gasteiger charge is 2.22. The molecule has 18 heavy (non-hydrogen) atoms. The molecule has 4 heteroatoms. The highest BCUT2D eigenvalue weighted by atomic mass is 16.4. The second-order valence-corrected chi connectivity index (χ2v) is 5.72. The van der Waals surface area contributed by atoms with E-state index in [2.05, 4.69) is 23.7 Å². The van der Waals surface area contributed by atoms with Crippen LogP contribution in [-0.2, 0) is 6.42 Å². The smallest absolute Gasteiger partial charge is 0.194 e. The molecule has 1 saturated heterocycles. The van der Waals surface area contributed by atoms with Gasteiger partial charge in [0.15, 0.2) is 5.89 Å². The zero-order valence-electron chi connectivity index (χ0n) is 11.7. The van der Waals surface area contributed by atoms with E-state index in [1.54, 1.807) is 6.20 Å². The Hall–Kier alpha value is -0.870. The summed E-state index contributed by atoms with van der Waals surface area (Å²) < 4.78 is 5.67. The van der Waals surface area contributed by atoms with Gasteiger partial charge in [0.2, 0.25) is 0 Å². The van der Waals surface area contributed by atoms with Gasteiger partial charge in [-0.3, -0.25) is 0 Å². The molecule has 2 N–H and O–H groups in total. The van der Waals surface area contributed by atoms with Crippen molar-refractivity contribution in [2.45, 2.75) is 52.1 Å². The maximum atomic E-state index is 5.77. The van der Waals surface area contributed by atoms with Crippen LogP contribution in [0.25, 0.3) is 0 Å². The Morgan fingerprint density at radius 3 is 2.56 bits per heavy atom. The standard InChI is InChI=1S/C14H25N3O/c1-10(2)17-6-4-12(5-7-17)8-14-16-9-13(18-14)11(3)15/h9-12H,4-8,15H2,1-3H3. The maximum Gasteiger partial charge on any atom is 0.194 e. The third-order valence-corrected chi connectivity index (χ3v) is 3.86. The summed E-state index contributed by atoms with van der Waals surface area (Å²) in [6.45, 7) is 8.85. The van der Waals surface area contributed by atoms with Crippen LogP contribution in [0.5, 0.6) is 0 Å². The lowest BCUT2D eigenvalue weighted by Gasteiger charge is -2.34. The SMILES string of the molecule is CC(N)c1cnc(CC2CCN(C(C)C)CC2)o1. The largest absolute Gasteiger partial charge is 0.444 e. The van der Waals surface area contributed by atoms with E-state index in [-0.39, 0.29) is 6.04 Å². The summed E-state index contributed by atoms with van der Waals surface area (Å²) in [6.07, 6.45) is 5.21. The average Bonchev–Trinajstić information content (AvgIpc) is 2.78. The van der Waals surface area contributed by atoms with Crippen molar-refractivity contribution in [2.24, 2.45) is 11.7 Å². The maximum absolute atomic E-state index is 5.77. The molecule has 0 bridgehead atoms. The quantitative estimate of drug-likeness (QED) is 0.892. The van der Waals surface area contributed by atoms with Crippen molar-refractivity contribution in [3.05, 3.63) is 17.8 Å². The van der Waals surface area contributed by atoms with Gasteiger partial charge in [0.1, 0.15) is 5.76 Å². The van der Waals surface area contributed by atoms with Crippen molar-refractivity contribution in [1.29, 1.82) is 0 Å². The van der Waals surface area contributed by atoms with Crippen LogP contribution < -0.4 is 5.73 Å². The molecule has 1 fully saturated rings. The molecule has 1 unspecified atom stereocenters. The average molecular weight is 251 g/mol. The number of likely N-dealkylation sites (tertiary alicyclic amines) is 1. The molecule has 0 saturated carbocycles. The molecule has 0 radical (unpaired) electrons. The first kappa shape index (κ1) is 13.6. The first-order chi connectivity index (χ1) is 8.56. The van der Waals surface area contributed by atoms with Gasteiger partial charge in [-0.2, -0.15) is 0 Å².